The number of aromatic hydroxyl groups is 1. The van der Waals surface area contributed by atoms with Crippen LogP contribution in [-0.2, 0) is 10.0 Å². The van der Waals surface area contributed by atoms with Gasteiger partial charge >= 0.3 is 0 Å². The third-order valence-electron chi connectivity index (χ3n) is 2.47. The maximum Gasteiger partial charge on any atom is 0.232 e. The topological polar surface area (TPSA) is 66.4 Å². The molecule has 0 heterocycles. The number of sulfonamides is 1. The molecule has 0 spiro atoms. The third-order valence-corrected chi connectivity index (χ3v) is 3.77. The minimum absolute atomic E-state index is 0.0133. The third kappa shape index (κ3) is 4.26. The van der Waals surface area contributed by atoms with E-state index in [1.165, 1.54) is 0 Å². The van der Waals surface area contributed by atoms with Gasteiger partial charge in [0.15, 0.2) is 0 Å². The standard InChI is InChI=1S/C12H19NO3S/c1-9(2)7-8-17(15,16)13-11-6-4-5-10(3)12(11)14/h4-6,9,13-14H,7-8H2,1-3H3. The van der Waals surface area contributed by atoms with Gasteiger partial charge in [-0.2, -0.15) is 0 Å². The van der Waals surface area contributed by atoms with Gasteiger partial charge in [0, 0.05) is 0 Å². The first kappa shape index (κ1) is 13.8. The summed E-state index contributed by atoms with van der Waals surface area (Å²) in [7, 11) is -3.38. The Hall–Kier alpha value is -1.23. The highest BCUT2D eigenvalue weighted by molar-refractivity contribution is 7.92. The van der Waals surface area contributed by atoms with E-state index in [9.17, 15) is 13.5 Å². The molecule has 0 amide bonds. The summed E-state index contributed by atoms with van der Waals surface area (Å²) in [6.45, 7) is 5.67. The van der Waals surface area contributed by atoms with Crippen LogP contribution in [0.25, 0.3) is 0 Å². The zero-order chi connectivity index (χ0) is 13.1. The first-order valence-electron chi connectivity index (χ1n) is 5.61. The largest absolute Gasteiger partial charge is 0.505 e. The van der Waals surface area contributed by atoms with E-state index in [0.717, 1.165) is 0 Å². The van der Waals surface area contributed by atoms with Crippen molar-refractivity contribution in [1.29, 1.82) is 0 Å². The van der Waals surface area contributed by atoms with Gasteiger partial charge in [-0.3, -0.25) is 4.72 Å². The molecule has 2 N–H and O–H groups in total. The van der Waals surface area contributed by atoms with E-state index in [0.29, 0.717) is 17.9 Å². The number of hydrogen-bond donors (Lipinski definition) is 2. The SMILES string of the molecule is Cc1cccc(NS(=O)(=O)CCC(C)C)c1O. The van der Waals surface area contributed by atoms with Crippen LogP contribution >= 0.6 is 0 Å². The van der Waals surface area contributed by atoms with Gasteiger partial charge in [-0.1, -0.05) is 26.0 Å². The van der Waals surface area contributed by atoms with E-state index in [1.54, 1.807) is 25.1 Å². The molecule has 0 aliphatic carbocycles. The fourth-order valence-electron chi connectivity index (χ4n) is 1.35. The van der Waals surface area contributed by atoms with E-state index in [1.807, 2.05) is 13.8 Å². The van der Waals surface area contributed by atoms with Gasteiger partial charge in [0.05, 0.1) is 11.4 Å². The lowest BCUT2D eigenvalue weighted by molar-refractivity contribution is 0.473. The molecule has 0 aliphatic heterocycles. The van der Waals surface area contributed by atoms with Crippen molar-refractivity contribution < 1.29 is 13.5 Å². The molecule has 1 aromatic rings. The Balaban J connectivity index is 2.80. The van der Waals surface area contributed by atoms with E-state index < -0.39 is 10.0 Å². The predicted molar refractivity (Wildman–Crippen MR) is 69.7 cm³/mol. The first-order chi connectivity index (χ1) is 7.82. The van der Waals surface area contributed by atoms with Gasteiger partial charge in [-0.15, -0.1) is 0 Å². The number of hydrogen-bond acceptors (Lipinski definition) is 3. The van der Waals surface area contributed by atoms with Gasteiger partial charge in [0.25, 0.3) is 0 Å². The number of rotatable bonds is 5. The van der Waals surface area contributed by atoms with Crippen molar-refractivity contribution in [2.75, 3.05) is 10.5 Å². The summed E-state index contributed by atoms with van der Waals surface area (Å²) in [6.07, 6.45) is 0.599. The average molecular weight is 257 g/mol. The van der Waals surface area contributed by atoms with Gasteiger partial charge in [-0.05, 0) is 30.9 Å². The molecule has 0 unspecified atom stereocenters. The highest BCUT2D eigenvalue weighted by Crippen LogP contribution is 2.27. The van der Waals surface area contributed by atoms with Gasteiger partial charge in [0.2, 0.25) is 10.0 Å². The number of aryl methyl sites for hydroxylation is 1. The van der Waals surface area contributed by atoms with Crippen LogP contribution in [0.3, 0.4) is 0 Å². The predicted octanol–water partition coefficient (Wildman–Crippen LogP) is 2.49. The molecule has 0 atom stereocenters. The molecule has 0 bridgehead atoms. The van der Waals surface area contributed by atoms with E-state index in [2.05, 4.69) is 4.72 Å². The summed E-state index contributed by atoms with van der Waals surface area (Å²) < 4.78 is 25.9. The summed E-state index contributed by atoms with van der Waals surface area (Å²) in [4.78, 5) is 0. The maximum absolute atomic E-state index is 11.7. The Morgan fingerprint density at radius 2 is 2.00 bits per heavy atom. The summed E-state index contributed by atoms with van der Waals surface area (Å²) >= 11 is 0. The first-order valence-corrected chi connectivity index (χ1v) is 7.26. The van der Waals surface area contributed by atoms with Crippen molar-refractivity contribution in [3.05, 3.63) is 23.8 Å². The van der Waals surface area contributed by atoms with E-state index >= 15 is 0 Å². The lowest BCUT2D eigenvalue weighted by Gasteiger charge is -2.11. The van der Waals surface area contributed by atoms with Gasteiger partial charge in [-0.25, -0.2) is 8.42 Å². The highest BCUT2D eigenvalue weighted by atomic mass is 32.2. The normalized spacial score (nSPS) is 11.8. The number of phenols is 1. The lowest BCUT2D eigenvalue weighted by Crippen LogP contribution is -2.18. The summed E-state index contributed by atoms with van der Waals surface area (Å²) in [5, 5.41) is 9.71. The number of phenolic OH excluding ortho intramolecular Hbond substituents is 1. The average Bonchev–Trinajstić information content (AvgIpc) is 2.22. The van der Waals surface area contributed by atoms with Crippen LogP contribution in [0, 0.1) is 12.8 Å². The maximum atomic E-state index is 11.7. The van der Waals surface area contributed by atoms with Crippen LogP contribution in [0.5, 0.6) is 5.75 Å². The van der Waals surface area contributed by atoms with Crippen molar-refractivity contribution in [3.63, 3.8) is 0 Å². The van der Waals surface area contributed by atoms with Gasteiger partial charge in [0.1, 0.15) is 5.75 Å². The monoisotopic (exact) mass is 257 g/mol. The van der Waals surface area contributed by atoms with Crippen LogP contribution in [0.15, 0.2) is 18.2 Å². The Morgan fingerprint density at radius 3 is 2.59 bits per heavy atom. The van der Waals surface area contributed by atoms with Crippen molar-refractivity contribution in [2.24, 2.45) is 5.92 Å². The molecule has 0 saturated carbocycles. The second-order valence-corrected chi connectivity index (χ2v) is 6.42. The van der Waals surface area contributed by atoms with Gasteiger partial charge < -0.3 is 5.11 Å². The fraction of sp³-hybridized carbons (Fsp3) is 0.500. The molecule has 0 aromatic heterocycles. The summed E-state index contributed by atoms with van der Waals surface area (Å²) in [5.74, 6) is 0.385. The summed E-state index contributed by atoms with van der Waals surface area (Å²) in [6, 6.07) is 4.98. The lowest BCUT2D eigenvalue weighted by atomic mass is 10.2. The molecule has 4 nitrogen and oxygen atoms in total. The molecule has 0 saturated heterocycles. The molecule has 0 fully saturated rings. The van der Waals surface area contributed by atoms with Crippen LogP contribution in [0.1, 0.15) is 25.8 Å². The molecular weight excluding hydrogens is 238 g/mol. The minimum Gasteiger partial charge on any atom is -0.505 e. The molecule has 1 aromatic carbocycles. The number of anilines is 1. The molecule has 5 heteroatoms. The Bertz CT molecular complexity index is 481. The second kappa shape index (κ2) is 5.40. The van der Waals surface area contributed by atoms with Crippen LogP contribution in [0.4, 0.5) is 5.69 Å². The van der Waals surface area contributed by atoms with Crippen molar-refractivity contribution in [3.8, 4) is 5.75 Å². The van der Waals surface area contributed by atoms with E-state index in [4.69, 9.17) is 0 Å². The molecule has 1 rings (SSSR count). The second-order valence-electron chi connectivity index (χ2n) is 4.57. The molecule has 17 heavy (non-hydrogen) atoms. The zero-order valence-electron chi connectivity index (χ0n) is 10.4. The van der Waals surface area contributed by atoms with Crippen molar-refractivity contribution in [2.45, 2.75) is 27.2 Å². The molecule has 96 valence electrons. The highest BCUT2D eigenvalue weighted by Gasteiger charge is 2.14. The van der Waals surface area contributed by atoms with Crippen LogP contribution in [-0.4, -0.2) is 19.3 Å². The quantitative estimate of drug-likeness (QED) is 0.796. The van der Waals surface area contributed by atoms with E-state index in [-0.39, 0.29) is 17.2 Å². The Kier molecular flexibility index (Phi) is 4.40. The molecule has 0 aliphatic rings. The minimum atomic E-state index is -3.38. The van der Waals surface area contributed by atoms with Crippen LogP contribution < -0.4 is 4.72 Å². The fourth-order valence-corrected chi connectivity index (χ4v) is 2.73. The van der Waals surface area contributed by atoms with Crippen molar-refractivity contribution in [1.82, 2.24) is 0 Å². The molecular formula is C12H19NO3S. The van der Waals surface area contributed by atoms with Crippen LogP contribution in [0.2, 0.25) is 0 Å². The number of para-hydroxylation sites is 1. The number of nitrogens with one attached hydrogen (secondary N) is 1. The van der Waals surface area contributed by atoms with Crippen molar-refractivity contribution >= 4 is 15.7 Å². The smallest absolute Gasteiger partial charge is 0.232 e. The number of benzene rings is 1. The molecule has 0 radical (unpaired) electrons. The Labute approximate surface area is 103 Å². The summed E-state index contributed by atoms with van der Waals surface area (Å²) in [5.41, 5.74) is 0.891. The Morgan fingerprint density at radius 1 is 1.35 bits per heavy atom. The zero-order valence-corrected chi connectivity index (χ0v) is 11.2.